The van der Waals surface area contributed by atoms with Gasteiger partial charge in [0.25, 0.3) is 0 Å². The largest absolute Gasteiger partial charge is 0.381 e. The number of hydrogen-bond acceptors (Lipinski definition) is 6. The first-order chi connectivity index (χ1) is 5.20. The van der Waals surface area contributed by atoms with Crippen LogP contribution in [0, 0.1) is 0 Å². The monoisotopic (exact) mass is 164 g/mol. The van der Waals surface area contributed by atoms with Gasteiger partial charge in [0.15, 0.2) is 0 Å². The van der Waals surface area contributed by atoms with E-state index in [1.807, 2.05) is 0 Å². The number of hydroxylamine groups is 1. The van der Waals surface area contributed by atoms with Crippen molar-refractivity contribution < 1.29 is 9.94 Å². The van der Waals surface area contributed by atoms with Crippen molar-refractivity contribution in [3.8, 4) is 0 Å². The maximum atomic E-state index is 8.60. The molecule has 0 aromatic rings. The Labute approximate surface area is 66.4 Å². The zero-order valence-corrected chi connectivity index (χ0v) is 6.95. The normalized spacial score (nSPS) is 11.5. The number of aliphatic hydroxyl groups excluding tert-OH is 1. The summed E-state index contributed by atoms with van der Waals surface area (Å²) in [5.74, 6) is 5.47. The summed E-state index contributed by atoms with van der Waals surface area (Å²) in [5.41, 5.74) is 2.57. The summed E-state index contributed by atoms with van der Waals surface area (Å²) < 4.78 is 0. The van der Waals surface area contributed by atoms with Gasteiger partial charge in [0.05, 0.1) is 27.2 Å². The number of nitrogens with two attached hydrogens (primary N) is 1. The van der Waals surface area contributed by atoms with Gasteiger partial charge in [0.2, 0.25) is 0 Å². The van der Waals surface area contributed by atoms with Gasteiger partial charge in [-0.1, -0.05) is 0 Å². The molecule has 0 spiro atoms. The van der Waals surface area contributed by atoms with Crippen LogP contribution in [0.2, 0.25) is 0 Å². The Balaban J connectivity index is 3.27. The molecule has 6 nitrogen and oxygen atoms in total. The Morgan fingerprint density at radius 2 is 2.27 bits per heavy atom. The predicted molar refractivity (Wildman–Crippen MR) is 40.8 cm³/mol. The van der Waals surface area contributed by atoms with Gasteiger partial charge in [-0.3, -0.25) is 10.7 Å². The molecule has 0 fully saturated rings. The van der Waals surface area contributed by atoms with Crippen LogP contribution in [0.4, 0.5) is 0 Å². The van der Waals surface area contributed by atoms with E-state index in [0.717, 1.165) is 0 Å². The van der Waals surface area contributed by atoms with Crippen LogP contribution in [0.1, 0.15) is 0 Å². The van der Waals surface area contributed by atoms with Crippen LogP contribution in [0.5, 0.6) is 0 Å². The second-order valence-electron chi connectivity index (χ2n) is 2.23. The molecule has 6 heteroatoms. The third kappa shape index (κ3) is 6.17. The van der Waals surface area contributed by atoms with Gasteiger partial charge in [-0.05, 0) is 7.05 Å². The number of hydrogen-bond donors (Lipinski definition) is 3. The molecule has 0 saturated carbocycles. The first-order valence-corrected chi connectivity index (χ1v) is 3.25. The van der Waals surface area contributed by atoms with Crippen molar-refractivity contribution in [2.75, 3.05) is 34.2 Å². The summed E-state index contributed by atoms with van der Waals surface area (Å²) in [4.78, 5) is 6.23. The maximum Gasteiger partial charge on any atom is 0.0964 e. The van der Waals surface area contributed by atoms with Crippen molar-refractivity contribution in [1.82, 2.24) is 15.4 Å². The van der Waals surface area contributed by atoms with Gasteiger partial charge in [0, 0.05) is 0 Å². The Hall–Kier alpha value is -0.240. The highest BCUT2D eigenvalue weighted by Crippen LogP contribution is 1.80. The number of nitrogens with zero attached hydrogens (tertiary/aromatic N) is 2. The van der Waals surface area contributed by atoms with Crippen molar-refractivity contribution in [3.05, 3.63) is 0 Å². The second-order valence-corrected chi connectivity index (χ2v) is 2.23. The van der Waals surface area contributed by atoms with Gasteiger partial charge < -0.3 is 9.94 Å². The first-order valence-electron chi connectivity index (χ1n) is 3.25. The zero-order chi connectivity index (χ0) is 8.69. The van der Waals surface area contributed by atoms with E-state index >= 15 is 0 Å². The van der Waals surface area contributed by atoms with Crippen LogP contribution in [-0.4, -0.2) is 49.2 Å². The van der Waals surface area contributed by atoms with E-state index in [-0.39, 0.29) is 6.73 Å². The molecule has 0 radical (unpaired) electrons. The van der Waals surface area contributed by atoms with Crippen LogP contribution in [0.25, 0.3) is 0 Å². The van der Waals surface area contributed by atoms with E-state index < -0.39 is 0 Å². The van der Waals surface area contributed by atoms with E-state index in [4.69, 9.17) is 10.9 Å². The van der Waals surface area contributed by atoms with Crippen LogP contribution >= 0.6 is 0 Å². The summed E-state index contributed by atoms with van der Waals surface area (Å²) in [6.45, 7) is 0.883. The minimum atomic E-state index is -0.0132. The van der Waals surface area contributed by atoms with Crippen molar-refractivity contribution >= 4 is 0 Å². The fourth-order valence-corrected chi connectivity index (χ4v) is 0.552. The highest BCUT2D eigenvalue weighted by Gasteiger charge is 2.00. The Kier molecular flexibility index (Phi) is 6.33. The standard InChI is InChI=1S/C5H16N4O2/c1-8(5-10)4-9(6)3-7-11-2/h7,10H,3-6H2,1-2H3. The lowest BCUT2D eigenvalue weighted by atomic mass is 10.8. The molecule has 0 amide bonds. The van der Waals surface area contributed by atoms with Crippen LogP contribution in [-0.2, 0) is 4.84 Å². The number of hydrazine groups is 1. The van der Waals surface area contributed by atoms with E-state index in [9.17, 15) is 0 Å². The number of aliphatic hydroxyl groups is 1. The molecule has 0 atom stereocenters. The Bertz CT molecular complexity index is 92.6. The van der Waals surface area contributed by atoms with E-state index in [1.54, 1.807) is 11.9 Å². The fraction of sp³-hybridized carbons (Fsp3) is 1.00. The number of nitrogens with one attached hydrogen (secondary N) is 1. The lowest BCUT2D eigenvalue weighted by Crippen LogP contribution is -2.45. The Morgan fingerprint density at radius 3 is 2.73 bits per heavy atom. The van der Waals surface area contributed by atoms with Crippen molar-refractivity contribution in [2.45, 2.75) is 0 Å². The Morgan fingerprint density at radius 1 is 1.64 bits per heavy atom. The van der Waals surface area contributed by atoms with Gasteiger partial charge in [-0.25, -0.2) is 5.01 Å². The zero-order valence-electron chi connectivity index (χ0n) is 6.95. The van der Waals surface area contributed by atoms with E-state index in [1.165, 1.54) is 12.1 Å². The molecule has 0 saturated heterocycles. The molecule has 4 N–H and O–H groups in total. The molecule has 11 heavy (non-hydrogen) atoms. The molecule has 0 aromatic carbocycles. The molecule has 0 unspecified atom stereocenters. The molecule has 0 aliphatic heterocycles. The average Bonchev–Trinajstić information content (AvgIpc) is 2.00. The number of rotatable bonds is 6. The molecular weight excluding hydrogens is 148 g/mol. The molecule has 0 aliphatic rings. The molecule has 0 aliphatic carbocycles. The second kappa shape index (κ2) is 6.47. The van der Waals surface area contributed by atoms with Crippen molar-refractivity contribution in [2.24, 2.45) is 5.84 Å². The van der Waals surface area contributed by atoms with Gasteiger partial charge >= 0.3 is 0 Å². The highest BCUT2D eigenvalue weighted by atomic mass is 16.6. The predicted octanol–water partition coefficient (Wildman–Crippen LogP) is -1.89. The van der Waals surface area contributed by atoms with Crippen LogP contribution in [0.15, 0.2) is 0 Å². The maximum absolute atomic E-state index is 8.60. The van der Waals surface area contributed by atoms with Crippen LogP contribution in [0.3, 0.4) is 0 Å². The molecule has 68 valence electrons. The molecule has 0 aromatic heterocycles. The highest BCUT2D eigenvalue weighted by molar-refractivity contribution is 4.41. The minimum absolute atomic E-state index is 0.0132. The van der Waals surface area contributed by atoms with Crippen LogP contribution < -0.4 is 11.3 Å². The molecule has 0 bridgehead atoms. The van der Waals surface area contributed by atoms with E-state index in [2.05, 4.69) is 10.3 Å². The van der Waals surface area contributed by atoms with Crippen molar-refractivity contribution in [1.29, 1.82) is 0 Å². The minimum Gasteiger partial charge on any atom is -0.381 e. The topological polar surface area (TPSA) is 74.0 Å². The molecular formula is C5H16N4O2. The van der Waals surface area contributed by atoms with Gasteiger partial charge in [-0.15, -0.1) is 0 Å². The smallest absolute Gasteiger partial charge is 0.0964 e. The molecule has 0 rings (SSSR count). The first kappa shape index (κ1) is 10.8. The summed E-state index contributed by atoms with van der Waals surface area (Å²) in [7, 11) is 3.27. The summed E-state index contributed by atoms with van der Waals surface area (Å²) in [6.07, 6.45) is 0. The SMILES string of the molecule is CONCN(N)CN(C)CO. The lowest BCUT2D eigenvalue weighted by molar-refractivity contribution is 0.0129. The molecule has 0 heterocycles. The summed E-state index contributed by atoms with van der Waals surface area (Å²) >= 11 is 0. The van der Waals surface area contributed by atoms with E-state index in [0.29, 0.717) is 13.3 Å². The third-order valence-corrected chi connectivity index (χ3v) is 1.08. The quantitative estimate of drug-likeness (QED) is 0.242. The lowest BCUT2D eigenvalue weighted by Gasteiger charge is -2.21. The van der Waals surface area contributed by atoms with Gasteiger partial charge in [-0.2, -0.15) is 5.48 Å². The average molecular weight is 164 g/mol. The van der Waals surface area contributed by atoms with Crippen molar-refractivity contribution in [3.63, 3.8) is 0 Å². The fourth-order valence-electron chi connectivity index (χ4n) is 0.552. The van der Waals surface area contributed by atoms with Gasteiger partial charge in [0.1, 0.15) is 0 Å². The summed E-state index contributed by atoms with van der Waals surface area (Å²) in [5, 5.41) is 10.1. The summed E-state index contributed by atoms with van der Waals surface area (Å²) in [6, 6.07) is 0. The third-order valence-electron chi connectivity index (χ3n) is 1.08.